The summed E-state index contributed by atoms with van der Waals surface area (Å²) in [7, 11) is 1.45. The van der Waals surface area contributed by atoms with Gasteiger partial charge < -0.3 is 14.6 Å². The van der Waals surface area contributed by atoms with Gasteiger partial charge in [-0.3, -0.25) is 0 Å². The molecule has 1 atom stereocenters. The van der Waals surface area contributed by atoms with Gasteiger partial charge in [-0.1, -0.05) is 0 Å². The molecule has 1 N–H and O–H groups in total. The lowest BCUT2D eigenvalue weighted by atomic mass is 10.2. The van der Waals surface area contributed by atoms with Crippen molar-refractivity contribution in [1.82, 2.24) is 0 Å². The van der Waals surface area contributed by atoms with Crippen LogP contribution < -0.4 is 4.74 Å². The zero-order valence-electron chi connectivity index (χ0n) is 8.93. The van der Waals surface area contributed by atoms with Crippen LogP contribution in [0.1, 0.15) is 17.3 Å². The quantitative estimate of drug-likeness (QED) is 0.782. The molecule has 1 rings (SSSR count). The van der Waals surface area contributed by atoms with E-state index in [-0.39, 0.29) is 11.3 Å². The number of carbonyl (C=O) groups excluding carboxylic acids is 1. The zero-order chi connectivity index (χ0) is 12.1. The Morgan fingerprint density at radius 1 is 1.56 bits per heavy atom. The van der Waals surface area contributed by atoms with Gasteiger partial charge in [-0.05, 0) is 19.1 Å². The highest BCUT2D eigenvalue weighted by atomic mass is 16.5. The summed E-state index contributed by atoms with van der Waals surface area (Å²) >= 11 is 0. The molecule has 0 aliphatic carbocycles. The average Bonchev–Trinajstić information content (AvgIpc) is 2.28. The van der Waals surface area contributed by atoms with Crippen LogP contribution in [-0.4, -0.2) is 24.3 Å². The van der Waals surface area contributed by atoms with E-state index < -0.39 is 12.1 Å². The Bertz CT molecular complexity index is 436. The number of carbonyl (C=O) groups is 1. The van der Waals surface area contributed by atoms with Gasteiger partial charge >= 0.3 is 5.97 Å². The molecule has 0 aliphatic rings. The van der Waals surface area contributed by atoms with Crippen molar-refractivity contribution in [2.24, 2.45) is 0 Å². The monoisotopic (exact) mass is 221 g/mol. The van der Waals surface area contributed by atoms with Gasteiger partial charge in [0.2, 0.25) is 0 Å². The van der Waals surface area contributed by atoms with Crippen molar-refractivity contribution in [3.63, 3.8) is 0 Å². The van der Waals surface area contributed by atoms with Gasteiger partial charge in [-0.15, -0.1) is 0 Å². The van der Waals surface area contributed by atoms with Crippen LogP contribution >= 0.6 is 0 Å². The van der Waals surface area contributed by atoms with Gasteiger partial charge in [0, 0.05) is 6.07 Å². The van der Waals surface area contributed by atoms with Gasteiger partial charge in [0.15, 0.2) is 6.10 Å². The lowest BCUT2D eigenvalue weighted by molar-refractivity contribution is 0.0432. The molecule has 0 fully saturated rings. The molecule has 0 bridgehead atoms. The number of phenolic OH excluding ortho intramolecular Hbond substituents is 1. The number of benzene rings is 1. The zero-order valence-corrected chi connectivity index (χ0v) is 8.93. The summed E-state index contributed by atoms with van der Waals surface area (Å²) in [4.78, 5) is 11.5. The third-order valence-electron chi connectivity index (χ3n) is 1.89. The van der Waals surface area contributed by atoms with E-state index in [1.807, 2.05) is 0 Å². The molecular weight excluding hydrogens is 210 g/mol. The van der Waals surface area contributed by atoms with Crippen molar-refractivity contribution in [3.8, 4) is 17.6 Å². The number of nitriles is 1. The average molecular weight is 221 g/mol. The second-order valence-corrected chi connectivity index (χ2v) is 3.06. The number of aromatic hydroxyl groups is 1. The maximum absolute atomic E-state index is 11.5. The summed E-state index contributed by atoms with van der Waals surface area (Å²) in [6.45, 7) is 1.44. The first kappa shape index (κ1) is 11.9. The molecule has 1 aromatic carbocycles. The molecule has 84 valence electrons. The van der Waals surface area contributed by atoms with Crippen LogP contribution in [0.4, 0.5) is 0 Å². The maximum atomic E-state index is 11.5. The molecule has 0 unspecified atom stereocenters. The number of esters is 1. The molecule has 0 aromatic heterocycles. The van der Waals surface area contributed by atoms with E-state index in [0.717, 1.165) is 0 Å². The van der Waals surface area contributed by atoms with Gasteiger partial charge in [0.25, 0.3) is 0 Å². The predicted molar refractivity (Wildman–Crippen MR) is 55.1 cm³/mol. The van der Waals surface area contributed by atoms with E-state index in [1.54, 1.807) is 6.07 Å². The fraction of sp³-hybridized carbons (Fsp3) is 0.273. The van der Waals surface area contributed by atoms with Crippen LogP contribution in [0.3, 0.4) is 0 Å². The molecule has 0 heterocycles. The Hall–Kier alpha value is -2.22. The SMILES string of the molecule is COc1ccc(C(=O)O[C@@H](C)C#N)c(O)c1. The molecule has 5 nitrogen and oxygen atoms in total. The molecule has 16 heavy (non-hydrogen) atoms. The number of rotatable bonds is 3. The number of ether oxygens (including phenoxy) is 2. The maximum Gasteiger partial charge on any atom is 0.343 e. The molecule has 1 aromatic rings. The largest absolute Gasteiger partial charge is 0.507 e. The molecule has 0 saturated heterocycles. The van der Waals surface area contributed by atoms with E-state index >= 15 is 0 Å². The molecule has 0 saturated carbocycles. The van der Waals surface area contributed by atoms with Crippen LogP contribution in [-0.2, 0) is 4.74 Å². The molecule has 0 spiro atoms. The van der Waals surface area contributed by atoms with Gasteiger partial charge in [-0.2, -0.15) is 5.26 Å². The molecule has 0 amide bonds. The first-order chi connectivity index (χ1) is 7.58. The van der Waals surface area contributed by atoms with Crippen molar-refractivity contribution in [1.29, 1.82) is 5.26 Å². The Morgan fingerprint density at radius 2 is 2.25 bits per heavy atom. The van der Waals surface area contributed by atoms with Crippen molar-refractivity contribution in [2.45, 2.75) is 13.0 Å². The fourth-order valence-corrected chi connectivity index (χ4v) is 1.06. The molecule has 0 aliphatic heterocycles. The van der Waals surface area contributed by atoms with Crippen molar-refractivity contribution >= 4 is 5.97 Å². The van der Waals surface area contributed by atoms with Crippen molar-refractivity contribution in [2.75, 3.05) is 7.11 Å². The highest BCUT2D eigenvalue weighted by Gasteiger charge is 2.15. The number of phenols is 1. The van der Waals surface area contributed by atoms with E-state index in [1.165, 1.54) is 32.2 Å². The van der Waals surface area contributed by atoms with Crippen molar-refractivity contribution in [3.05, 3.63) is 23.8 Å². The summed E-state index contributed by atoms with van der Waals surface area (Å²) in [5.74, 6) is -0.550. The molecule has 5 heteroatoms. The number of hydrogen-bond acceptors (Lipinski definition) is 5. The molecule has 0 radical (unpaired) electrons. The Balaban J connectivity index is 2.89. The van der Waals surface area contributed by atoms with Crippen LogP contribution in [0.25, 0.3) is 0 Å². The summed E-state index contributed by atoms with van der Waals surface area (Å²) < 4.78 is 9.61. The van der Waals surface area contributed by atoms with Crippen LogP contribution in [0, 0.1) is 11.3 Å². The number of hydrogen-bond donors (Lipinski definition) is 1. The Labute approximate surface area is 92.8 Å². The van der Waals surface area contributed by atoms with E-state index in [9.17, 15) is 9.90 Å². The Kier molecular flexibility index (Phi) is 3.72. The summed E-state index contributed by atoms with van der Waals surface area (Å²) in [5, 5.41) is 18.0. The van der Waals surface area contributed by atoms with Gasteiger partial charge in [0.05, 0.1) is 7.11 Å². The third kappa shape index (κ3) is 2.64. The fourth-order valence-electron chi connectivity index (χ4n) is 1.06. The van der Waals surface area contributed by atoms with E-state index in [0.29, 0.717) is 5.75 Å². The topological polar surface area (TPSA) is 79.5 Å². The third-order valence-corrected chi connectivity index (χ3v) is 1.89. The normalized spacial score (nSPS) is 11.3. The predicted octanol–water partition coefficient (Wildman–Crippen LogP) is 1.47. The minimum Gasteiger partial charge on any atom is -0.507 e. The number of nitrogens with zero attached hydrogens (tertiary/aromatic N) is 1. The lowest BCUT2D eigenvalue weighted by Gasteiger charge is -2.08. The van der Waals surface area contributed by atoms with Crippen LogP contribution in [0.5, 0.6) is 11.5 Å². The summed E-state index contributed by atoms with van der Waals surface area (Å²) in [6, 6.07) is 5.95. The minimum atomic E-state index is -0.853. The van der Waals surface area contributed by atoms with E-state index in [2.05, 4.69) is 0 Å². The van der Waals surface area contributed by atoms with Crippen molar-refractivity contribution < 1.29 is 19.4 Å². The standard InChI is InChI=1S/C11H11NO4/c1-7(6-12)16-11(14)9-4-3-8(15-2)5-10(9)13/h3-5,7,13H,1-2H3/t7-/m0/s1. The second-order valence-electron chi connectivity index (χ2n) is 3.06. The van der Waals surface area contributed by atoms with Crippen LogP contribution in [0.2, 0.25) is 0 Å². The summed E-state index contributed by atoms with van der Waals surface area (Å²) in [5.41, 5.74) is 0.00269. The first-order valence-corrected chi connectivity index (χ1v) is 4.56. The number of methoxy groups -OCH3 is 1. The minimum absolute atomic E-state index is 0.00269. The smallest absolute Gasteiger partial charge is 0.343 e. The molecular formula is C11H11NO4. The highest BCUT2D eigenvalue weighted by molar-refractivity contribution is 5.92. The van der Waals surface area contributed by atoms with Gasteiger partial charge in [0.1, 0.15) is 23.1 Å². The van der Waals surface area contributed by atoms with Gasteiger partial charge in [-0.25, -0.2) is 4.79 Å². The highest BCUT2D eigenvalue weighted by Crippen LogP contribution is 2.24. The Morgan fingerprint density at radius 3 is 2.75 bits per heavy atom. The van der Waals surface area contributed by atoms with Crippen LogP contribution in [0.15, 0.2) is 18.2 Å². The first-order valence-electron chi connectivity index (χ1n) is 4.56. The lowest BCUT2D eigenvalue weighted by Crippen LogP contribution is -2.13. The summed E-state index contributed by atoms with van der Waals surface area (Å²) in [6.07, 6.45) is -0.853. The van der Waals surface area contributed by atoms with E-state index in [4.69, 9.17) is 14.7 Å². The second kappa shape index (κ2) is 5.03.